The Kier molecular flexibility index (Phi) is 4.46. The van der Waals surface area contributed by atoms with E-state index < -0.39 is 0 Å². The van der Waals surface area contributed by atoms with Crippen molar-refractivity contribution in [3.05, 3.63) is 28.8 Å². The van der Waals surface area contributed by atoms with Gasteiger partial charge in [0.25, 0.3) is 0 Å². The van der Waals surface area contributed by atoms with Crippen LogP contribution in [0.2, 0.25) is 5.02 Å². The molecule has 1 aliphatic rings. The normalized spacial score (nSPS) is 17.4. The molecule has 1 aliphatic heterocycles. The van der Waals surface area contributed by atoms with E-state index >= 15 is 0 Å². The number of hydrogen-bond acceptors (Lipinski definition) is 3. The third-order valence-electron chi connectivity index (χ3n) is 3.37. The van der Waals surface area contributed by atoms with E-state index in [2.05, 4.69) is 18.0 Å². The zero-order valence-corrected chi connectivity index (χ0v) is 11.3. The Morgan fingerprint density at radius 1 is 1.44 bits per heavy atom. The molecule has 18 heavy (non-hydrogen) atoms. The summed E-state index contributed by atoms with van der Waals surface area (Å²) in [7, 11) is 2.14. The van der Waals surface area contributed by atoms with Crippen LogP contribution in [0, 0.1) is 17.2 Å². The summed E-state index contributed by atoms with van der Waals surface area (Å²) in [4.78, 5) is 2.33. The molecule has 0 saturated carbocycles. The summed E-state index contributed by atoms with van der Waals surface area (Å²) in [5, 5.41) is 9.59. The van der Waals surface area contributed by atoms with Gasteiger partial charge in [-0.3, -0.25) is 0 Å². The summed E-state index contributed by atoms with van der Waals surface area (Å²) in [6, 6.07) is 7.29. The molecular formula is C14H17ClN2O. The molecule has 0 aliphatic carbocycles. The lowest BCUT2D eigenvalue weighted by atomic mass is 9.98. The molecule has 1 saturated heterocycles. The van der Waals surface area contributed by atoms with Crippen molar-refractivity contribution in [2.75, 3.05) is 26.7 Å². The van der Waals surface area contributed by atoms with E-state index in [4.69, 9.17) is 21.6 Å². The van der Waals surface area contributed by atoms with E-state index in [1.165, 1.54) is 0 Å². The van der Waals surface area contributed by atoms with Gasteiger partial charge >= 0.3 is 0 Å². The number of piperidine rings is 1. The fraction of sp³-hybridized carbons (Fsp3) is 0.500. The van der Waals surface area contributed by atoms with E-state index in [1.807, 2.05) is 0 Å². The second-order valence-electron chi connectivity index (χ2n) is 4.81. The van der Waals surface area contributed by atoms with Crippen molar-refractivity contribution in [1.29, 1.82) is 5.26 Å². The van der Waals surface area contributed by atoms with Crippen molar-refractivity contribution in [2.24, 2.45) is 5.92 Å². The maximum Gasteiger partial charge on any atom is 0.137 e. The number of halogens is 1. The molecule has 0 N–H and O–H groups in total. The minimum Gasteiger partial charge on any atom is -0.492 e. The molecule has 4 heteroatoms. The Labute approximate surface area is 113 Å². The molecular weight excluding hydrogens is 248 g/mol. The first-order chi connectivity index (χ1) is 8.69. The number of rotatable bonds is 3. The SMILES string of the molecule is CN1CCC(COc2ccc(Cl)cc2C#N)CC1. The summed E-state index contributed by atoms with van der Waals surface area (Å²) in [5.74, 6) is 1.23. The molecule has 2 rings (SSSR count). The van der Waals surface area contributed by atoms with Crippen LogP contribution in [0.25, 0.3) is 0 Å². The van der Waals surface area contributed by atoms with Gasteiger partial charge in [0.15, 0.2) is 0 Å². The lowest BCUT2D eigenvalue weighted by Gasteiger charge is -2.28. The number of ether oxygens (including phenoxy) is 1. The van der Waals surface area contributed by atoms with Gasteiger partial charge in [0.05, 0.1) is 12.2 Å². The average Bonchev–Trinajstić information content (AvgIpc) is 2.39. The molecule has 1 fully saturated rings. The molecule has 0 amide bonds. The Hall–Kier alpha value is -1.24. The number of likely N-dealkylation sites (tertiary alicyclic amines) is 1. The van der Waals surface area contributed by atoms with Crippen LogP contribution in [-0.2, 0) is 0 Å². The standard InChI is InChI=1S/C14H17ClN2O/c1-17-6-4-11(5-7-17)10-18-14-3-2-13(15)8-12(14)9-16/h2-3,8,11H,4-7,10H2,1H3. The predicted octanol–water partition coefficient (Wildman–Crippen LogP) is 2.93. The van der Waals surface area contributed by atoms with Crippen LogP contribution in [0.3, 0.4) is 0 Å². The largest absolute Gasteiger partial charge is 0.492 e. The molecule has 96 valence electrons. The van der Waals surface area contributed by atoms with Crippen LogP contribution in [0.4, 0.5) is 0 Å². The van der Waals surface area contributed by atoms with E-state index in [-0.39, 0.29) is 0 Å². The number of nitrogens with zero attached hydrogens (tertiary/aromatic N) is 2. The van der Waals surface area contributed by atoms with E-state index in [9.17, 15) is 0 Å². The van der Waals surface area contributed by atoms with Crippen LogP contribution < -0.4 is 4.74 Å². The molecule has 1 heterocycles. The first-order valence-electron chi connectivity index (χ1n) is 6.20. The third-order valence-corrected chi connectivity index (χ3v) is 3.61. The molecule has 0 aromatic heterocycles. The quantitative estimate of drug-likeness (QED) is 0.842. The monoisotopic (exact) mass is 264 g/mol. The Balaban J connectivity index is 1.92. The third kappa shape index (κ3) is 3.38. The minimum atomic E-state index is 0.510. The molecule has 0 spiro atoms. The number of hydrogen-bond donors (Lipinski definition) is 0. The topological polar surface area (TPSA) is 36.3 Å². The summed E-state index contributed by atoms with van der Waals surface area (Å²) in [5.41, 5.74) is 0.510. The van der Waals surface area contributed by atoms with E-state index in [0.717, 1.165) is 25.9 Å². The van der Waals surface area contributed by atoms with Gasteiger partial charge in [-0.05, 0) is 57.1 Å². The molecule has 0 bridgehead atoms. The van der Waals surface area contributed by atoms with Crippen LogP contribution >= 0.6 is 11.6 Å². The van der Waals surface area contributed by atoms with Gasteiger partial charge in [-0.2, -0.15) is 5.26 Å². The van der Waals surface area contributed by atoms with Crippen LogP contribution in [0.1, 0.15) is 18.4 Å². The highest BCUT2D eigenvalue weighted by atomic mass is 35.5. The maximum atomic E-state index is 9.02. The Bertz CT molecular complexity index is 448. The molecule has 0 atom stereocenters. The summed E-state index contributed by atoms with van der Waals surface area (Å²) in [6.07, 6.45) is 2.32. The van der Waals surface area contributed by atoms with Crippen molar-refractivity contribution in [3.8, 4) is 11.8 Å². The van der Waals surface area contributed by atoms with Gasteiger partial charge in [-0.1, -0.05) is 11.6 Å². The zero-order chi connectivity index (χ0) is 13.0. The minimum absolute atomic E-state index is 0.510. The van der Waals surface area contributed by atoms with Crippen LogP contribution in [0.15, 0.2) is 18.2 Å². The molecule has 3 nitrogen and oxygen atoms in total. The van der Waals surface area contributed by atoms with Gasteiger partial charge in [0.1, 0.15) is 11.8 Å². The van der Waals surface area contributed by atoms with Gasteiger partial charge < -0.3 is 9.64 Å². The maximum absolute atomic E-state index is 9.02. The molecule has 0 unspecified atom stereocenters. The summed E-state index contributed by atoms with van der Waals surface area (Å²) >= 11 is 5.85. The van der Waals surface area contributed by atoms with Crippen molar-refractivity contribution in [2.45, 2.75) is 12.8 Å². The fourth-order valence-corrected chi connectivity index (χ4v) is 2.32. The highest BCUT2D eigenvalue weighted by molar-refractivity contribution is 6.30. The van der Waals surface area contributed by atoms with Gasteiger partial charge in [0.2, 0.25) is 0 Å². The Morgan fingerprint density at radius 3 is 2.83 bits per heavy atom. The highest BCUT2D eigenvalue weighted by Gasteiger charge is 2.17. The van der Waals surface area contributed by atoms with E-state index in [1.54, 1.807) is 18.2 Å². The molecule has 0 radical (unpaired) electrons. The van der Waals surface area contributed by atoms with Crippen molar-refractivity contribution in [1.82, 2.24) is 4.90 Å². The Morgan fingerprint density at radius 2 is 2.17 bits per heavy atom. The molecule has 1 aromatic carbocycles. The number of nitriles is 1. The predicted molar refractivity (Wildman–Crippen MR) is 71.9 cm³/mol. The smallest absolute Gasteiger partial charge is 0.137 e. The fourth-order valence-electron chi connectivity index (χ4n) is 2.15. The van der Waals surface area contributed by atoms with Gasteiger partial charge in [-0.25, -0.2) is 0 Å². The van der Waals surface area contributed by atoms with Crippen molar-refractivity contribution in [3.63, 3.8) is 0 Å². The second-order valence-corrected chi connectivity index (χ2v) is 5.25. The zero-order valence-electron chi connectivity index (χ0n) is 10.5. The first kappa shape index (κ1) is 13.2. The summed E-state index contributed by atoms with van der Waals surface area (Å²) < 4.78 is 5.76. The first-order valence-corrected chi connectivity index (χ1v) is 6.58. The van der Waals surface area contributed by atoms with Crippen molar-refractivity contribution >= 4 is 11.6 Å². The van der Waals surface area contributed by atoms with Gasteiger partial charge in [-0.15, -0.1) is 0 Å². The highest BCUT2D eigenvalue weighted by Crippen LogP contribution is 2.24. The van der Waals surface area contributed by atoms with E-state index in [0.29, 0.717) is 28.9 Å². The lowest BCUT2D eigenvalue weighted by Crippen LogP contribution is -2.32. The lowest BCUT2D eigenvalue weighted by molar-refractivity contribution is 0.160. The van der Waals surface area contributed by atoms with Crippen LogP contribution in [0.5, 0.6) is 5.75 Å². The summed E-state index contributed by atoms with van der Waals surface area (Å²) in [6.45, 7) is 2.93. The van der Waals surface area contributed by atoms with Gasteiger partial charge in [0, 0.05) is 5.02 Å². The van der Waals surface area contributed by atoms with Crippen molar-refractivity contribution < 1.29 is 4.74 Å². The molecule has 1 aromatic rings. The number of benzene rings is 1. The average molecular weight is 265 g/mol. The van der Waals surface area contributed by atoms with Crippen LogP contribution in [-0.4, -0.2) is 31.6 Å². The second kappa shape index (κ2) is 6.08.